The highest BCUT2D eigenvalue weighted by molar-refractivity contribution is 7.90. The third kappa shape index (κ3) is 2.04. The van der Waals surface area contributed by atoms with Crippen molar-refractivity contribution in [3.63, 3.8) is 0 Å². The molecule has 8 heteroatoms. The van der Waals surface area contributed by atoms with Crippen molar-refractivity contribution in [2.24, 2.45) is 10.2 Å². The first-order chi connectivity index (χ1) is 7.95. The van der Waals surface area contributed by atoms with E-state index in [1.54, 1.807) is 0 Å². The molecule has 1 aromatic rings. The third-order valence-corrected chi connectivity index (χ3v) is 3.65. The summed E-state index contributed by atoms with van der Waals surface area (Å²) in [6.07, 6.45) is 3.07. The van der Waals surface area contributed by atoms with Crippen LogP contribution in [0.1, 0.15) is 6.42 Å². The van der Waals surface area contributed by atoms with Gasteiger partial charge in [-0.25, -0.2) is 15.8 Å². The molecule has 1 aromatic heterocycles. The molecule has 17 heavy (non-hydrogen) atoms. The summed E-state index contributed by atoms with van der Waals surface area (Å²) >= 11 is 5.70. The van der Waals surface area contributed by atoms with Crippen molar-refractivity contribution < 1.29 is 8.42 Å². The van der Waals surface area contributed by atoms with Gasteiger partial charge in [-0.1, -0.05) is 17.7 Å². The van der Waals surface area contributed by atoms with Crippen molar-refractivity contribution in [1.29, 1.82) is 0 Å². The molecule has 0 amide bonds. The number of halogens is 1. The number of hydrogen-bond donors (Lipinski definition) is 1. The Kier molecular flexibility index (Phi) is 2.90. The van der Waals surface area contributed by atoms with Gasteiger partial charge in [-0.15, -0.1) is 11.0 Å². The smallest absolute Gasteiger partial charge is 0.246 e. The van der Waals surface area contributed by atoms with Gasteiger partial charge in [0.15, 0.2) is 5.82 Å². The van der Waals surface area contributed by atoms with Crippen molar-refractivity contribution in [3.8, 4) is 0 Å². The number of nitrogens with zero attached hydrogens (tertiary/aromatic N) is 3. The van der Waals surface area contributed by atoms with Gasteiger partial charge in [0.05, 0.1) is 5.02 Å². The molecule has 0 saturated heterocycles. The molecule has 6 nitrogen and oxygen atoms in total. The van der Waals surface area contributed by atoms with Gasteiger partial charge >= 0.3 is 0 Å². The number of sulfonamides is 1. The fourth-order valence-corrected chi connectivity index (χ4v) is 2.82. The Hall–Kier alpha value is -1.44. The Labute approximate surface area is 103 Å². The SMILES string of the molecule is C=CCC1=NS(=O)(=O)c2cc(Cl)cnc2N1N. The molecule has 0 unspecified atom stereocenters. The lowest BCUT2D eigenvalue weighted by molar-refractivity contribution is 0.596. The second-order valence-corrected chi connectivity index (χ2v) is 5.33. The van der Waals surface area contributed by atoms with E-state index >= 15 is 0 Å². The number of rotatable bonds is 2. The highest BCUT2D eigenvalue weighted by Crippen LogP contribution is 2.30. The minimum absolute atomic E-state index is 0.0969. The Balaban J connectivity index is 2.66. The quantitative estimate of drug-likeness (QED) is 0.643. The van der Waals surface area contributed by atoms with Crippen LogP contribution >= 0.6 is 11.6 Å². The topological polar surface area (TPSA) is 88.7 Å². The summed E-state index contributed by atoms with van der Waals surface area (Å²) in [5.74, 6) is 6.01. The summed E-state index contributed by atoms with van der Waals surface area (Å²) < 4.78 is 27.3. The Bertz CT molecular complexity index is 611. The first kappa shape index (κ1) is 12.0. The van der Waals surface area contributed by atoms with Crippen molar-refractivity contribution in [1.82, 2.24) is 4.98 Å². The van der Waals surface area contributed by atoms with Crippen molar-refractivity contribution in [3.05, 3.63) is 29.9 Å². The van der Waals surface area contributed by atoms with Crippen molar-refractivity contribution in [2.45, 2.75) is 11.3 Å². The summed E-state index contributed by atoms with van der Waals surface area (Å²) in [5.41, 5.74) is 0. The number of amidine groups is 1. The number of pyridine rings is 1. The molecule has 0 radical (unpaired) electrons. The van der Waals surface area contributed by atoms with Gasteiger partial charge in [0.25, 0.3) is 10.0 Å². The Morgan fingerprint density at radius 3 is 2.94 bits per heavy atom. The lowest BCUT2D eigenvalue weighted by atomic mass is 10.3. The lowest BCUT2D eigenvalue weighted by Crippen LogP contribution is -2.41. The van der Waals surface area contributed by atoms with Crippen LogP contribution in [0, 0.1) is 0 Å². The second-order valence-electron chi connectivity index (χ2n) is 3.32. The molecule has 0 aromatic carbocycles. The van der Waals surface area contributed by atoms with Crippen LogP contribution in [0.15, 0.2) is 34.2 Å². The molecule has 2 N–H and O–H groups in total. The predicted molar refractivity (Wildman–Crippen MR) is 65.3 cm³/mol. The van der Waals surface area contributed by atoms with Gasteiger partial charge in [0, 0.05) is 12.6 Å². The van der Waals surface area contributed by atoms with Gasteiger partial charge in [0.1, 0.15) is 10.7 Å². The molecule has 0 atom stereocenters. The van der Waals surface area contributed by atoms with Crippen LogP contribution in [-0.2, 0) is 10.0 Å². The average Bonchev–Trinajstić information content (AvgIpc) is 2.26. The first-order valence-electron chi connectivity index (χ1n) is 4.61. The molecule has 2 heterocycles. The highest BCUT2D eigenvalue weighted by Gasteiger charge is 2.30. The maximum absolute atomic E-state index is 11.9. The molecule has 0 spiro atoms. The maximum Gasteiger partial charge on any atom is 0.287 e. The van der Waals surface area contributed by atoms with E-state index in [9.17, 15) is 8.42 Å². The summed E-state index contributed by atoms with van der Waals surface area (Å²) in [6, 6.07) is 1.27. The van der Waals surface area contributed by atoms with Crippen LogP contribution in [0.3, 0.4) is 0 Å². The molecule has 1 aliphatic heterocycles. The molecule has 1 aliphatic rings. The van der Waals surface area contributed by atoms with E-state index in [0.29, 0.717) is 0 Å². The minimum atomic E-state index is -3.80. The molecule has 2 rings (SSSR count). The zero-order chi connectivity index (χ0) is 12.6. The van der Waals surface area contributed by atoms with Gasteiger partial charge in [-0.05, 0) is 6.07 Å². The van der Waals surface area contributed by atoms with Crippen molar-refractivity contribution in [2.75, 3.05) is 5.01 Å². The van der Waals surface area contributed by atoms with Crippen LogP contribution in [0.2, 0.25) is 5.02 Å². The second kappa shape index (κ2) is 4.10. The molecule has 0 aliphatic carbocycles. The van der Waals surface area contributed by atoms with Gasteiger partial charge < -0.3 is 0 Å². The van der Waals surface area contributed by atoms with Crippen LogP contribution in [0.4, 0.5) is 5.82 Å². The summed E-state index contributed by atoms with van der Waals surface area (Å²) in [4.78, 5) is 3.81. The van der Waals surface area contributed by atoms with E-state index in [2.05, 4.69) is 16.0 Å². The fourth-order valence-electron chi connectivity index (χ4n) is 1.40. The Morgan fingerprint density at radius 1 is 1.59 bits per heavy atom. The zero-order valence-corrected chi connectivity index (χ0v) is 10.2. The minimum Gasteiger partial charge on any atom is -0.246 e. The molecule has 0 bridgehead atoms. The molecule has 90 valence electrons. The summed E-state index contributed by atoms with van der Waals surface area (Å²) in [6.45, 7) is 3.51. The number of aromatic nitrogens is 1. The van der Waals surface area contributed by atoms with E-state index in [1.165, 1.54) is 18.3 Å². The van der Waals surface area contributed by atoms with Crippen LogP contribution in [0.25, 0.3) is 0 Å². The third-order valence-electron chi connectivity index (χ3n) is 2.14. The van der Waals surface area contributed by atoms with E-state index in [-0.39, 0.29) is 28.0 Å². The fraction of sp³-hybridized carbons (Fsp3) is 0.111. The molecule has 0 fully saturated rings. The van der Waals surface area contributed by atoms with Gasteiger partial charge in [0.2, 0.25) is 0 Å². The van der Waals surface area contributed by atoms with Crippen LogP contribution < -0.4 is 10.9 Å². The maximum atomic E-state index is 11.9. The zero-order valence-electron chi connectivity index (χ0n) is 8.67. The van der Waals surface area contributed by atoms with Gasteiger partial charge in [-0.2, -0.15) is 8.42 Å². The summed E-state index contributed by atoms with van der Waals surface area (Å²) in [7, 11) is -3.80. The average molecular weight is 273 g/mol. The van der Waals surface area contributed by atoms with Crippen LogP contribution in [0.5, 0.6) is 0 Å². The highest BCUT2D eigenvalue weighted by atomic mass is 35.5. The number of fused-ring (bicyclic) bond motifs is 1. The van der Waals surface area contributed by atoms with Gasteiger partial charge in [-0.3, -0.25) is 0 Å². The van der Waals surface area contributed by atoms with Crippen molar-refractivity contribution >= 4 is 33.3 Å². The normalized spacial score (nSPS) is 17.3. The summed E-state index contributed by atoms with van der Waals surface area (Å²) in [5, 5.41) is 1.33. The van der Waals surface area contributed by atoms with Crippen LogP contribution in [-0.4, -0.2) is 19.2 Å². The largest absolute Gasteiger partial charge is 0.287 e. The number of hydrazine groups is 1. The Morgan fingerprint density at radius 2 is 2.29 bits per heavy atom. The van der Waals surface area contributed by atoms with E-state index in [0.717, 1.165) is 5.01 Å². The number of hydrogen-bond acceptors (Lipinski definition) is 5. The molecular formula is C9H9ClN4O2S. The standard InChI is InChI=1S/C9H9ClN4O2S/c1-2-3-8-13-17(15,16)7-4-6(10)5-12-9(7)14(8)11/h2,4-5H,1,3,11H2. The lowest BCUT2D eigenvalue weighted by Gasteiger charge is -2.24. The van der Waals surface area contributed by atoms with E-state index in [4.69, 9.17) is 17.4 Å². The molecule has 0 saturated carbocycles. The predicted octanol–water partition coefficient (Wildman–Crippen LogP) is 1.09. The number of nitrogens with two attached hydrogens (primary N) is 1. The monoisotopic (exact) mass is 272 g/mol. The van der Waals surface area contributed by atoms with E-state index in [1.807, 2.05) is 0 Å². The number of anilines is 1. The van der Waals surface area contributed by atoms with E-state index < -0.39 is 10.0 Å². The molecular weight excluding hydrogens is 264 g/mol. The first-order valence-corrected chi connectivity index (χ1v) is 6.42.